The lowest BCUT2D eigenvalue weighted by Gasteiger charge is -2.08. The predicted molar refractivity (Wildman–Crippen MR) is 90.0 cm³/mol. The second-order valence-corrected chi connectivity index (χ2v) is 7.33. The van der Waals surface area contributed by atoms with Crippen molar-refractivity contribution in [3.63, 3.8) is 0 Å². The molecule has 0 atom stereocenters. The molecule has 0 unspecified atom stereocenters. The molecule has 0 saturated carbocycles. The summed E-state index contributed by atoms with van der Waals surface area (Å²) in [5, 5.41) is 3.21. The van der Waals surface area contributed by atoms with Crippen molar-refractivity contribution >= 4 is 44.8 Å². The summed E-state index contributed by atoms with van der Waals surface area (Å²) in [6.45, 7) is -0.383. The van der Waals surface area contributed by atoms with Crippen molar-refractivity contribution in [1.29, 1.82) is 0 Å². The Bertz CT molecular complexity index is 778. The summed E-state index contributed by atoms with van der Waals surface area (Å²) in [6.07, 6.45) is 3.02. The molecule has 23 heavy (non-hydrogen) atoms. The van der Waals surface area contributed by atoms with E-state index >= 15 is 0 Å². The topological polar surface area (TPSA) is 88.2 Å². The number of anilines is 1. The third kappa shape index (κ3) is 6.15. The van der Waals surface area contributed by atoms with Gasteiger partial charge in [-0.05, 0) is 35.9 Å². The quantitative estimate of drug-likeness (QED) is 0.813. The summed E-state index contributed by atoms with van der Waals surface area (Å²) < 4.78 is 26.2. The van der Waals surface area contributed by atoms with Crippen molar-refractivity contribution in [3.8, 4) is 0 Å². The van der Waals surface area contributed by atoms with Gasteiger partial charge in [0.2, 0.25) is 15.9 Å². The van der Waals surface area contributed by atoms with Crippen LogP contribution in [-0.4, -0.2) is 25.9 Å². The van der Waals surface area contributed by atoms with Gasteiger partial charge in [-0.2, -0.15) is 0 Å². The second-order valence-electron chi connectivity index (χ2n) is 4.65. The summed E-state index contributed by atoms with van der Waals surface area (Å²) in [4.78, 5) is 15.6. The maximum absolute atomic E-state index is 12.0. The Hall–Kier alpha value is -1.67. The fourth-order valence-electron chi connectivity index (χ4n) is 1.78. The van der Waals surface area contributed by atoms with Crippen LogP contribution in [0.1, 0.15) is 5.56 Å². The summed E-state index contributed by atoms with van der Waals surface area (Å²) in [7, 11) is -3.70. The highest BCUT2D eigenvalue weighted by atomic mass is 35.5. The second kappa shape index (κ2) is 7.74. The van der Waals surface area contributed by atoms with Crippen LogP contribution in [0, 0.1) is 0 Å². The molecule has 0 fully saturated rings. The molecule has 1 aromatic heterocycles. The minimum absolute atomic E-state index is 0.326. The zero-order valence-electron chi connectivity index (χ0n) is 11.8. The molecule has 0 saturated heterocycles. The molecule has 1 aromatic carbocycles. The lowest BCUT2D eigenvalue weighted by Crippen LogP contribution is -2.33. The number of halogens is 2. The number of pyridine rings is 1. The van der Waals surface area contributed by atoms with Gasteiger partial charge in [-0.3, -0.25) is 9.78 Å². The summed E-state index contributed by atoms with van der Waals surface area (Å²) in [5.41, 5.74) is 0.918. The van der Waals surface area contributed by atoms with E-state index in [2.05, 4.69) is 15.0 Å². The molecule has 0 bridgehead atoms. The molecule has 1 heterocycles. The zero-order valence-corrected chi connectivity index (χ0v) is 14.1. The predicted octanol–water partition coefficient (Wildman–Crippen LogP) is 2.45. The molecule has 6 nitrogen and oxygen atoms in total. The third-order valence-electron chi connectivity index (χ3n) is 2.68. The highest BCUT2D eigenvalue weighted by Crippen LogP contribution is 2.20. The van der Waals surface area contributed by atoms with Gasteiger partial charge in [-0.25, -0.2) is 13.1 Å². The van der Waals surface area contributed by atoms with Crippen LogP contribution in [0.5, 0.6) is 0 Å². The SMILES string of the molecule is O=C(CNS(=O)(=O)Cc1cc(Cl)cc(Cl)c1)Nc1cccnc1. The van der Waals surface area contributed by atoms with Crippen molar-refractivity contribution in [2.75, 3.05) is 11.9 Å². The number of nitrogens with zero attached hydrogens (tertiary/aromatic N) is 1. The average molecular weight is 374 g/mol. The van der Waals surface area contributed by atoms with Crippen LogP contribution in [-0.2, 0) is 20.6 Å². The normalized spacial score (nSPS) is 11.2. The number of hydrogen-bond acceptors (Lipinski definition) is 4. The summed E-state index contributed by atoms with van der Waals surface area (Å²) in [6, 6.07) is 7.81. The lowest BCUT2D eigenvalue weighted by molar-refractivity contribution is -0.115. The number of nitrogens with one attached hydrogen (secondary N) is 2. The first-order valence-corrected chi connectivity index (χ1v) is 8.87. The van der Waals surface area contributed by atoms with Crippen LogP contribution < -0.4 is 10.0 Å². The molecule has 2 N–H and O–H groups in total. The molecule has 122 valence electrons. The Kier molecular flexibility index (Phi) is 5.95. The van der Waals surface area contributed by atoms with Crippen molar-refractivity contribution in [2.45, 2.75) is 5.75 Å². The van der Waals surface area contributed by atoms with Gasteiger partial charge in [0.1, 0.15) is 0 Å². The highest BCUT2D eigenvalue weighted by molar-refractivity contribution is 7.88. The Labute approximate surface area is 143 Å². The van der Waals surface area contributed by atoms with Gasteiger partial charge in [-0.1, -0.05) is 23.2 Å². The minimum atomic E-state index is -3.70. The number of aromatic nitrogens is 1. The van der Waals surface area contributed by atoms with Crippen molar-refractivity contribution < 1.29 is 13.2 Å². The zero-order chi connectivity index (χ0) is 16.9. The van der Waals surface area contributed by atoms with E-state index in [-0.39, 0.29) is 12.3 Å². The molecule has 2 aromatic rings. The van der Waals surface area contributed by atoms with E-state index in [0.717, 1.165) is 0 Å². The number of amides is 1. The molecular formula is C14H13Cl2N3O3S. The van der Waals surface area contributed by atoms with E-state index in [4.69, 9.17) is 23.2 Å². The van der Waals surface area contributed by atoms with Gasteiger partial charge in [-0.15, -0.1) is 0 Å². The maximum atomic E-state index is 12.0. The van der Waals surface area contributed by atoms with E-state index in [1.165, 1.54) is 24.4 Å². The summed E-state index contributed by atoms with van der Waals surface area (Å²) >= 11 is 11.7. The van der Waals surface area contributed by atoms with Gasteiger partial charge in [0.05, 0.1) is 24.2 Å². The van der Waals surface area contributed by atoms with E-state index in [1.54, 1.807) is 18.3 Å². The molecule has 9 heteroatoms. The molecule has 0 radical (unpaired) electrons. The number of sulfonamides is 1. The van der Waals surface area contributed by atoms with Crippen molar-refractivity contribution in [3.05, 3.63) is 58.3 Å². The van der Waals surface area contributed by atoms with Gasteiger partial charge < -0.3 is 5.32 Å². The molecular weight excluding hydrogens is 361 g/mol. The Morgan fingerprint density at radius 1 is 1.17 bits per heavy atom. The van der Waals surface area contributed by atoms with Crippen molar-refractivity contribution in [1.82, 2.24) is 9.71 Å². The van der Waals surface area contributed by atoms with E-state index < -0.39 is 15.9 Å². The Morgan fingerprint density at radius 3 is 2.48 bits per heavy atom. The number of benzene rings is 1. The van der Waals surface area contributed by atoms with Crippen LogP contribution in [0.3, 0.4) is 0 Å². The molecule has 0 aliphatic carbocycles. The molecule has 1 amide bonds. The number of carbonyl (C=O) groups excluding carboxylic acids is 1. The molecule has 0 aliphatic heterocycles. The van der Waals surface area contributed by atoms with Crippen LogP contribution >= 0.6 is 23.2 Å². The fraction of sp³-hybridized carbons (Fsp3) is 0.143. The number of hydrogen-bond donors (Lipinski definition) is 2. The molecule has 2 rings (SSSR count). The third-order valence-corrected chi connectivity index (χ3v) is 4.41. The van der Waals surface area contributed by atoms with E-state index in [0.29, 0.717) is 21.3 Å². The Morgan fingerprint density at radius 2 is 1.87 bits per heavy atom. The van der Waals surface area contributed by atoms with Gasteiger partial charge in [0.15, 0.2) is 0 Å². The maximum Gasteiger partial charge on any atom is 0.239 e. The van der Waals surface area contributed by atoms with Gasteiger partial charge in [0.25, 0.3) is 0 Å². The lowest BCUT2D eigenvalue weighted by atomic mass is 10.2. The van der Waals surface area contributed by atoms with Gasteiger partial charge in [0, 0.05) is 16.2 Å². The van der Waals surface area contributed by atoms with Crippen LogP contribution in [0.15, 0.2) is 42.7 Å². The monoisotopic (exact) mass is 373 g/mol. The van der Waals surface area contributed by atoms with Crippen LogP contribution in [0.25, 0.3) is 0 Å². The summed E-state index contributed by atoms with van der Waals surface area (Å²) in [5.74, 6) is -0.821. The van der Waals surface area contributed by atoms with Crippen LogP contribution in [0.2, 0.25) is 10.0 Å². The average Bonchev–Trinajstić information content (AvgIpc) is 2.45. The molecule has 0 spiro atoms. The number of carbonyl (C=O) groups is 1. The molecule has 0 aliphatic rings. The highest BCUT2D eigenvalue weighted by Gasteiger charge is 2.14. The van der Waals surface area contributed by atoms with Crippen LogP contribution in [0.4, 0.5) is 5.69 Å². The van der Waals surface area contributed by atoms with Gasteiger partial charge >= 0.3 is 0 Å². The van der Waals surface area contributed by atoms with E-state index in [9.17, 15) is 13.2 Å². The smallest absolute Gasteiger partial charge is 0.239 e. The van der Waals surface area contributed by atoms with Crippen molar-refractivity contribution in [2.24, 2.45) is 0 Å². The first-order valence-electron chi connectivity index (χ1n) is 6.46. The fourth-order valence-corrected chi connectivity index (χ4v) is 3.41. The minimum Gasteiger partial charge on any atom is -0.324 e. The standard InChI is InChI=1S/C14H13Cl2N3O3S/c15-11-4-10(5-12(16)6-11)9-23(21,22)18-8-14(20)19-13-2-1-3-17-7-13/h1-7,18H,8-9H2,(H,19,20). The Balaban J connectivity index is 1.92. The number of rotatable bonds is 6. The first kappa shape index (κ1) is 17.7. The largest absolute Gasteiger partial charge is 0.324 e. The van der Waals surface area contributed by atoms with E-state index in [1.807, 2.05) is 0 Å². The first-order chi connectivity index (χ1) is 10.8.